The first-order chi connectivity index (χ1) is 6.69. The molecule has 0 radical (unpaired) electrons. The van der Waals surface area contributed by atoms with Crippen LogP contribution in [0.5, 0.6) is 0 Å². The number of rotatable bonds is 5. The number of aryl methyl sites for hydroxylation is 1. The van der Waals surface area contributed by atoms with Gasteiger partial charge >= 0.3 is 0 Å². The third-order valence-corrected chi connectivity index (χ3v) is 2.17. The maximum absolute atomic E-state index is 11.7. The van der Waals surface area contributed by atoms with Crippen LogP contribution in [-0.4, -0.2) is 22.1 Å². The fourth-order valence-electron chi connectivity index (χ4n) is 1.23. The lowest BCUT2D eigenvalue weighted by Gasteiger charge is -2.03. The molecule has 1 rings (SSSR count). The average molecular weight is 195 g/mol. The van der Waals surface area contributed by atoms with E-state index < -0.39 is 0 Å². The Labute approximate surface area is 84.1 Å². The highest BCUT2D eigenvalue weighted by atomic mass is 16.1. The maximum Gasteiger partial charge on any atom is 0.170 e. The molecule has 1 aromatic rings. The number of aromatic nitrogens is 2. The molecule has 0 saturated carbocycles. The van der Waals surface area contributed by atoms with Crippen LogP contribution in [0.15, 0.2) is 12.4 Å². The van der Waals surface area contributed by atoms with E-state index in [4.69, 9.17) is 5.73 Å². The number of carbonyl (C=O) groups is 1. The molecule has 2 N–H and O–H groups in total. The summed E-state index contributed by atoms with van der Waals surface area (Å²) in [7, 11) is 0. The fourth-order valence-corrected chi connectivity index (χ4v) is 1.23. The van der Waals surface area contributed by atoms with Gasteiger partial charge in [0.2, 0.25) is 0 Å². The number of Topliss-reactive ketones (excluding diaryl/α,β-unsaturated/α-hetero) is 1. The van der Waals surface area contributed by atoms with Crippen molar-refractivity contribution in [3.05, 3.63) is 18.0 Å². The molecule has 4 heteroatoms. The third kappa shape index (κ3) is 2.42. The molecule has 14 heavy (non-hydrogen) atoms. The van der Waals surface area contributed by atoms with Gasteiger partial charge < -0.3 is 5.73 Å². The molecule has 0 amide bonds. The summed E-state index contributed by atoms with van der Waals surface area (Å²) in [6.45, 7) is 5.15. The van der Waals surface area contributed by atoms with E-state index in [-0.39, 0.29) is 11.7 Å². The molecule has 0 spiro atoms. The van der Waals surface area contributed by atoms with Crippen LogP contribution in [0, 0.1) is 5.92 Å². The summed E-state index contributed by atoms with van der Waals surface area (Å²) in [5, 5.41) is 4.10. The SMILES string of the molecule is CCCn1cc(C(=O)C(C)CN)cn1. The van der Waals surface area contributed by atoms with E-state index in [1.165, 1.54) is 0 Å². The van der Waals surface area contributed by atoms with Crippen LogP contribution >= 0.6 is 0 Å². The summed E-state index contributed by atoms with van der Waals surface area (Å²) >= 11 is 0. The predicted octanol–water partition coefficient (Wildman–Crippen LogP) is 1.07. The Morgan fingerprint density at radius 1 is 1.71 bits per heavy atom. The molecule has 0 saturated heterocycles. The highest BCUT2D eigenvalue weighted by Crippen LogP contribution is 2.07. The van der Waals surface area contributed by atoms with Gasteiger partial charge in [-0.25, -0.2) is 0 Å². The van der Waals surface area contributed by atoms with Crippen molar-refractivity contribution in [3.63, 3.8) is 0 Å². The zero-order valence-electron chi connectivity index (χ0n) is 8.73. The van der Waals surface area contributed by atoms with Crippen molar-refractivity contribution in [3.8, 4) is 0 Å². The molecule has 0 bridgehead atoms. The second kappa shape index (κ2) is 4.91. The molecular weight excluding hydrogens is 178 g/mol. The smallest absolute Gasteiger partial charge is 0.170 e. The summed E-state index contributed by atoms with van der Waals surface area (Å²) in [4.78, 5) is 11.7. The molecule has 0 aliphatic rings. The summed E-state index contributed by atoms with van der Waals surface area (Å²) in [5.41, 5.74) is 6.09. The third-order valence-electron chi connectivity index (χ3n) is 2.17. The number of hydrogen-bond donors (Lipinski definition) is 1. The molecule has 0 aliphatic carbocycles. The van der Waals surface area contributed by atoms with Gasteiger partial charge in [0, 0.05) is 25.2 Å². The normalized spacial score (nSPS) is 12.8. The van der Waals surface area contributed by atoms with Crippen LogP contribution in [-0.2, 0) is 6.54 Å². The lowest BCUT2D eigenvalue weighted by Crippen LogP contribution is -2.20. The Morgan fingerprint density at radius 3 is 3.00 bits per heavy atom. The molecule has 1 heterocycles. The molecule has 78 valence electrons. The van der Waals surface area contributed by atoms with Gasteiger partial charge in [0.05, 0.1) is 11.8 Å². The molecule has 1 aromatic heterocycles. The van der Waals surface area contributed by atoms with Crippen LogP contribution in [0.4, 0.5) is 0 Å². The van der Waals surface area contributed by atoms with E-state index in [1.807, 2.05) is 6.92 Å². The number of carbonyl (C=O) groups excluding carboxylic acids is 1. The Morgan fingerprint density at radius 2 is 2.43 bits per heavy atom. The zero-order valence-corrected chi connectivity index (χ0v) is 8.73. The monoisotopic (exact) mass is 195 g/mol. The molecule has 0 fully saturated rings. The van der Waals surface area contributed by atoms with E-state index in [2.05, 4.69) is 12.0 Å². The van der Waals surface area contributed by atoms with Gasteiger partial charge in [0.15, 0.2) is 5.78 Å². The van der Waals surface area contributed by atoms with Crippen molar-refractivity contribution < 1.29 is 4.79 Å². The minimum absolute atomic E-state index is 0.0786. The van der Waals surface area contributed by atoms with Crippen LogP contribution in [0.25, 0.3) is 0 Å². The second-order valence-electron chi connectivity index (χ2n) is 3.49. The van der Waals surface area contributed by atoms with Crippen molar-refractivity contribution >= 4 is 5.78 Å². The highest BCUT2D eigenvalue weighted by Gasteiger charge is 2.14. The first-order valence-corrected chi connectivity index (χ1v) is 4.95. The minimum Gasteiger partial charge on any atom is -0.330 e. The van der Waals surface area contributed by atoms with Gasteiger partial charge in [-0.3, -0.25) is 9.48 Å². The van der Waals surface area contributed by atoms with Crippen molar-refractivity contribution in [1.82, 2.24) is 9.78 Å². The van der Waals surface area contributed by atoms with E-state index >= 15 is 0 Å². The Hall–Kier alpha value is -1.16. The molecule has 0 aromatic carbocycles. The summed E-state index contributed by atoms with van der Waals surface area (Å²) in [5.74, 6) is -0.0378. The van der Waals surface area contributed by atoms with Crippen LogP contribution in [0.3, 0.4) is 0 Å². The molecule has 1 unspecified atom stereocenters. The molecular formula is C10H17N3O. The first kappa shape index (κ1) is 10.9. The summed E-state index contributed by atoms with van der Waals surface area (Å²) in [6, 6.07) is 0. The van der Waals surface area contributed by atoms with Crippen molar-refractivity contribution in [2.75, 3.05) is 6.54 Å². The predicted molar refractivity (Wildman–Crippen MR) is 55.1 cm³/mol. The second-order valence-corrected chi connectivity index (χ2v) is 3.49. The Bertz CT molecular complexity index is 306. The maximum atomic E-state index is 11.7. The Kier molecular flexibility index (Phi) is 3.83. The number of nitrogens with zero attached hydrogens (tertiary/aromatic N) is 2. The number of hydrogen-bond acceptors (Lipinski definition) is 3. The van der Waals surface area contributed by atoms with Crippen molar-refractivity contribution in [2.45, 2.75) is 26.8 Å². The van der Waals surface area contributed by atoms with E-state index in [9.17, 15) is 4.79 Å². The van der Waals surface area contributed by atoms with Gasteiger partial charge in [0.25, 0.3) is 0 Å². The topological polar surface area (TPSA) is 60.9 Å². The van der Waals surface area contributed by atoms with Gasteiger partial charge in [-0.15, -0.1) is 0 Å². The largest absolute Gasteiger partial charge is 0.330 e. The summed E-state index contributed by atoms with van der Waals surface area (Å²) in [6.07, 6.45) is 4.42. The van der Waals surface area contributed by atoms with Gasteiger partial charge in [-0.05, 0) is 6.42 Å². The lowest BCUT2D eigenvalue weighted by molar-refractivity contribution is 0.0934. The lowest BCUT2D eigenvalue weighted by atomic mass is 10.0. The van der Waals surface area contributed by atoms with E-state index in [0.717, 1.165) is 13.0 Å². The minimum atomic E-state index is -0.116. The number of nitrogens with two attached hydrogens (primary N) is 1. The van der Waals surface area contributed by atoms with Crippen LogP contribution < -0.4 is 5.73 Å². The summed E-state index contributed by atoms with van der Waals surface area (Å²) < 4.78 is 1.79. The van der Waals surface area contributed by atoms with Gasteiger partial charge in [-0.1, -0.05) is 13.8 Å². The standard InChI is InChI=1S/C10H17N3O/c1-3-4-13-7-9(6-12-13)10(14)8(2)5-11/h6-8H,3-5,11H2,1-2H3. The zero-order chi connectivity index (χ0) is 10.6. The Balaban J connectivity index is 2.71. The first-order valence-electron chi connectivity index (χ1n) is 4.95. The average Bonchev–Trinajstić information content (AvgIpc) is 2.64. The van der Waals surface area contributed by atoms with Crippen molar-refractivity contribution in [1.29, 1.82) is 0 Å². The van der Waals surface area contributed by atoms with Crippen molar-refractivity contribution in [2.24, 2.45) is 11.7 Å². The van der Waals surface area contributed by atoms with Crippen LogP contribution in [0.2, 0.25) is 0 Å². The van der Waals surface area contributed by atoms with E-state index in [1.54, 1.807) is 17.1 Å². The van der Waals surface area contributed by atoms with E-state index in [0.29, 0.717) is 12.1 Å². The van der Waals surface area contributed by atoms with Gasteiger partial charge in [-0.2, -0.15) is 5.10 Å². The quantitative estimate of drug-likeness (QED) is 0.715. The molecule has 1 atom stereocenters. The highest BCUT2D eigenvalue weighted by molar-refractivity contribution is 5.97. The molecule has 4 nitrogen and oxygen atoms in total. The molecule has 0 aliphatic heterocycles. The van der Waals surface area contributed by atoms with Crippen LogP contribution in [0.1, 0.15) is 30.6 Å². The fraction of sp³-hybridized carbons (Fsp3) is 0.600. The van der Waals surface area contributed by atoms with Gasteiger partial charge in [0.1, 0.15) is 0 Å². The number of ketones is 1.